The second kappa shape index (κ2) is 6.00. The van der Waals surface area contributed by atoms with E-state index >= 15 is 0 Å². The van der Waals surface area contributed by atoms with Crippen LogP contribution >= 0.6 is 15.9 Å². The number of H-pyrrole nitrogens is 1. The van der Waals surface area contributed by atoms with Crippen molar-refractivity contribution in [3.63, 3.8) is 0 Å². The lowest BCUT2D eigenvalue weighted by atomic mass is 9.88. The van der Waals surface area contributed by atoms with Crippen LogP contribution in [0.15, 0.2) is 9.27 Å². The van der Waals surface area contributed by atoms with Crippen molar-refractivity contribution in [2.45, 2.75) is 58.3 Å². The van der Waals surface area contributed by atoms with Gasteiger partial charge in [0.25, 0.3) is 5.56 Å². The lowest BCUT2D eigenvalue weighted by Gasteiger charge is -2.21. The zero-order valence-electron chi connectivity index (χ0n) is 11.1. The third kappa shape index (κ3) is 3.22. The highest BCUT2D eigenvalue weighted by Gasteiger charge is 2.20. The topological polar surface area (TPSA) is 45.8 Å². The first-order valence-corrected chi connectivity index (χ1v) is 7.65. The zero-order valence-corrected chi connectivity index (χ0v) is 12.7. The summed E-state index contributed by atoms with van der Waals surface area (Å²) >= 11 is 3.36. The number of aromatic amines is 1. The van der Waals surface area contributed by atoms with Gasteiger partial charge in [0.2, 0.25) is 0 Å². The number of nitrogens with one attached hydrogen (secondary N) is 1. The summed E-state index contributed by atoms with van der Waals surface area (Å²) < 4.78 is 0.607. The van der Waals surface area contributed by atoms with Crippen molar-refractivity contribution < 1.29 is 0 Å². The molecule has 1 aliphatic rings. The monoisotopic (exact) mass is 312 g/mol. The van der Waals surface area contributed by atoms with Gasteiger partial charge in [-0.15, -0.1) is 0 Å². The Hall–Kier alpha value is -0.640. The van der Waals surface area contributed by atoms with Crippen molar-refractivity contribution in [3.8, 4) is 0 Å². The molecular weight excluding hydrogens is 292 g/mol. The predicted octanol–water partition coefficient (Wildman–Crippen LogP) is 3.78. The molecule has 0 amide bonds. The maximum Gasteiger partial charge on any atom is 0.265 e. The van der Waals surface area contributed by atoms with Gasteiger partial charge in [0.15, 0.2) is 0 Å². The van der Waals surface area contributed by atoms with Crippen LogP contribution in [0.3, 0.4) is 0 Å². The molecule has 0 aliphatic heterocycles. The van der Waals surface area contributed by atoms with E-state index in [1.807, 2.05) is 0 Å². The fourth-order valence-electron chi connectivity index (χ4n) is 2.62. The number of rotatable bonds is 3. The Bertz CT molecular complexity index is 461. The Morgan fingerprint density at radius 1 is 1.33 bits per heavy atom. The molecule has 1 N–H and O–H groups in total. The van der Waals surface area contributed by atoms with Crippen molar-refractivity contribution in [2.24, 2.45) is 5.92 Å². The van der Waals surface area contributed by atoms with Gasteiger partial charge in [-0.05, 0) is 41.1 Å². The summed E-state index contributed by atoms with van der Waals surface area (Å²) in [7, 11) is 0. The first-order valence-electron chi connectivity index (χ1n) is 6.86. The molecule has 1 heterocycles. The maximum atomic E-state index is 11.9. The van der Waals surface area contributed by atoms with Crippen LogP contribution in [0.5, 0.6) is 0 Å². The molecule has 0 saturated heterocycles. The summed E-state index contributed by atoms with van der Waals surface area (Å²) in [5.41, 5.74) is 0.885. The van der Waals surface area contributed by atoms with E-state index in [4.69, 9.17) is 4.98 Å². The Kier molecular flexibility index (Phi) is 4.60. The van der Waals surface area contributed by atoms with Crippen LogP contribution in [0.2, 0.25) is 0 Å². The second-order valence-electron chi connectivity index (χ2n) is 5.64. The summed E-state index contributed by atoms with van der Waals surface area (Å²) in [6.45, 7) is 4.30. The molecule has 18 heavy (non-hydrogen) atoms. The average Bonchev–Trinajstić information content (AvgIpc) is 2.35. The molecule has 0 bridgehead atoms. The van der Waals surface area contributed by atoms with Gasteiger partial charge < -0.3 is 4.98 Å². The van der Waals surface area contributed by atoms with E-state index in [0.29, 0.717) is 16.3 Å². The molecule has 2 rings (SSSR count). The Balaban J connectivity index is 2.30. The molecule has 1 aromatic heterocycles. The standard InChI is InChI=1S/C14H21BrN2O/c1-9(2)8-11-12(15)14(18)17-13(16-11)10-6-4-3-5-7-10/h9-10H,3-8H2,1-2H3,(H,16,17,18). The summed E-state index contributed by atoms with van der Waals surface area (Å²) in [6, 6.07) is 0. The minimum absolute atomic E-state index is 0.0266. The Morgan fingerprint density at radius 3 is 2.61 bits per heavy atom. The molecule has 4 heteroatoms. The zero-order chi connectivity index (χ0) is 13.1. The van der Waals surface area contributed by atoms with Crippen molar-refractivity contribution >= 4 is 15.9 Å². The highest BCUT2D eigenvalue weighted by molar-refractivity contribution is 9.10. The van der Waals surface area contributed by atoms with Crippen molar-refractivity contribution in [1.29, 1.82) is 0 Å². The number of aromatic nitrogens is 2. The van der Waals surface area contributed by atoms with E-state index in [1.54, 1.807) is 0 Å². The minimum Gasteiger partial charge on any atom is -0.309 e. The van der Waals surface area contributed by atoms with Crippen LogP contribution in [0, 0.1) is 5.92 Å². The third-order valence-electron chi connectivity index (χ3n) is 3.54. The Morgan fingerprint density at radius 2 is 2.00 bits per heavy atom. The maximum absolute atomic E-state index is 11.9. The first kappa shape index (κ1) is 13.8. The van der Waals surface area contributed by atoms with Gasteiger partial charge in [-0.25, -0.2) is 4.98 Å². The molecule has 0 atom stereocenters. The van der Waals surface area contributed by atoms with Crippen LogP contribution < -0.4 is 5.56 Å². The van der Waals surface area contributed by atoms with Gasteiger partial charge in [0.1, 0.15) is 10.3 Å². The van der Waals surface area contributed by atoms with Gasteiger partial charge in [-0.1, -0.05) is 33.1 Å². The molecule has 0 unspecified atom stereocenters. The van der Waals surface area contributed by atoms with Gasteiger partial charge in [-0.3, -0.25) is 4.79 Å². The van der Waals surface area contributed by atoms with E-state index in [-0.39, 0.29) is 5.56 Å². The normalized spacial score (nSPS) is 17.3. The average molecular weight is 313 g/mol. The molecule has 1 aliphatic carbocycles. The number of hydrogen-bond acceptors (Lipinski definition) is 2. The van der Waals surface area contributed by atoms with E-state index in [2.05, 4.69) is 34.8 Å². The van der Waals surface area contributed by atoms with E-state index < -0.39 is 0 Å². The summed E-state index contributed by atoms with van der Waals surface area (Å²) in [5, 5.41) is 0. The lowest BCUT2D eigenvalue weighted by molar-refractivity contribution is 0.426. The van der Waals surface area contributed by atoms with E-state index in [1.165, 1.54) is 19.3 Å². The van der Waals surface area contributed by atoms with Crippen molar-refractivity contribution in [1.82, 2.24) is 9.97 Å². The predicted molar refractivity (Wildman–Crippen MR) is 76.9 cm³/mol. The quantitative estimate of drug-likeness (QED) is 0.923. The largest absolute Gasteiger partial charge is 0.309 e. The first-order chi connectivity index (χ1) is 8.58. The summed E-state index contributed by atoms with van der Waals surface area (Å²) in [6.07, 6.45) is 6.99. The second-order valence-corrected chi connectivity index (χ2v) is 6.44. The molecule has 0 aromatic carbocycles. The smallest absolute Gasteiger partial charge is 0.265 e. The van der Waals surface area contributed by atoms with Crippen molar-refractivity contribution in [3.05, 3.63) is 26.3 Å². The Labute approximate surface area is 117 Å². The van der Waals surface area contributed by atoms with Crippen LogP contribution in [0.25, 0.3) is 0 Å². The van der Waals surface area contributed by atoms with Gasteiger partial charge in [-0.2, -0.15) is 0 Å². The molecule has 1 aromatic rings. The molecule has 100 valence electrons. The summed E-state index contributed by atoms with van der Waals surface area (Å²) in [5.74, 6) is 1.86. The minimum atomic E-state index is -0.0266. The van der Waals surface area contributed by atoms with E-state index in [9.17, 15) is 4.79 Å². The summed E-state index contributed by atoms with van der Waals surface area (Å²) in [4.78, 5) is 19.6. The van der Waals surface area contributed by atoms with E-state index in [0.717, 1.165) is 30.8 Å². The molecule has 1 saturated carbocycles. The third-order valence-corrected chi connectivity index (χ3v) is 4.36. The van der Waals surface area contributed by atoms with Crippen molar-refractivity contribution in [2.75, 3.05) is 0 Å². The highest BCUT2D eigenvalue weighted by Crippen LogP contribution is 2.30. The lowest BCUT2D eigenvalue weighted by Crippen LogP contribution is -2.20. The van der Waals surface area contributed by atoms with Crippen LogP contribution in [-0.2, 0) is 6.42 Å². The van der Waals surface area contributed by atoms with Crippen LogP contribution in [0.1, 0.15) is 63.4 Å². The molecular formula is C14H21BrN2O. The molecule has 0 radical (unpaired) electrons. The number of hydrogen-bond donors (Lipinski definition) is 1. The SMILES string of the molecule is CC(C)Cc1nc(C2CCCCC2)[nH]c(=O)c1Br. The van der Waals surface area contributed by atoms with Crippen LogP contribution in [-0.4, -0.2) is 9.97 Å². The van der Waals surface area contributed by atoms with Gasteiger partial charge in [0, 0.05) is 5.92 Å². The number of nitrogens with zero attached hydrogens (tertiary/aromatic N) is 1. The van der Waals surface area contributed by atoms with Gasteiger partial charge in [0.05, 0.1) is 5.69 Å². The van der Waals surface area contributed by atoms with Gasteiger partial charge >= 0.3 is 0 Å². The molecule has 1 fully saturated rings. The fourth-order valence-corrected chi connectivity index (χ4v) is 2.97. The molecule has 0 spiro atoms. The van der Waals surface area contributed by atoms with Crippen LogP contribution in [0.4, 0.5) is 0 Å². The molecule has 3 nitrogen and oxygen atoms in total. The fraction of sp³-hybridized carbons (Fsp3) is 0.714. The number of halogens is 1. The highest BCUT2D eigenvalue weighted by atomic mass is 79.9.